The number of nitrogens with one attached hydrogen (secondary N) is 1. The number of imide groups is 1. The lowest BCUT2D eigenvalue weighted by molar-refractivity contribution is -0.142. The Morgan fingerprint density at radius 3 is 2.21 bits per heavy atom. The fourth-order valence-corrected chi connectivity index (χ4v) is 3.54. The van der Waals surface area contributed by atoms with Gasteiger partial charge in [0, 0.05) is 31.6 Å². The average Bonchev–Trinajstić information content (AvgIpc) is 2.96. The standard InChI is InChI=1S/C19H27N3O2/c1-2-12-20-19(22-17(23)10-11-18(22)24)15-6-8-16(9-7-15)21-13-4-3-5-14-21/h6-9,19-20H,2-5,10-14H2,1H3. The van der Waals surface area contributed by atoms with Gasteiger partial charge in [0.05, 0.1) is 0 Å². The van der Waals surface area contributed by atoms with Gasteiger partial charge in [-0.05, 0) is 49.9 Å². The van der Waals surface area contributed by atoms with Gasteiger partial charge in [0.15, 0.2) is 0 Å². The van der Waals surface area contributed by atoms with Gasteiger partial charge >= 0.3 is 0 Å². The molecule has 2 aliphatic rings. The molecule has 1 atom stereocenters. The Morgan fingerprint density at radius 1 is 1.00 bits per heavy atom. The Bertz CT molecular complexity index is 563. The lowest BCUT2D eigenvalue weighted by Gasteiger charge is -2.30. The van der Waals surface area contributed by atoms with E-state index in [9.17, 15) is 9.59 Å². The molecule has 3 rings (SSSR count). The van der Waals surface area contributed by atoms with Gasteiger partial charge in [0.1, 0.15) is 6.17 Å². The van der Waals surface area contributed by atoms with Crippen molar-refractivity contribution in [2.24, 2.45) is 0 Å². The monoisotopic (exact) mass is 329 g/mol. The number of hydrogen-bond acceptors (Lipinski definition) is 4. The molecule has 5 nitrogen and oxygen atoms in total. The average molecular weight is 329 g/mol. The van der Waals surface area contributed by atoms with E-state index in [0.717, 1.165) is 31.6 Å². The quantitative estimate of drug-likeness (QED) is 0.816. The highest BCUT2D eigenvalue weighted by Gasteiger charge is 2.35. The highest BCUT2D eigenvalue weighted by atomic mass is 16.2. The van der Waals surface area contributed by atoms with Crippen molar-refractivity contribution in [1.29, 1.82) is 0 Å². The molecule has 0 bridgehead atoms. The minimum absolute atomic E-state index is 0.0753. The van der Waals surface area contributed by atoms with Crippen molar-refractivity contribution >= 4 is 17.5 Å². The predicted octanol–water partition coefficient (Wildman–Crippen LogP) is 2.82. The predicted molar refractivity (Wildman–Crippen MR) is 94.6 cm³/mol. The number of amides is 2. The van der Waals surface area contributed by atoms with Crippen molar-refractivity contribution in [2.45, 2.75) is 51.6 Å². The van der Waals surface area contributed by atoms with Crippen LogP contribution in [0.1, 0.15) is 57.2 Å². The first-order valence-corrected chi connectivity index (χ1v) is 9.14. The van der Waals surface area contributed by atoms with Gasteiger partial charge < -0.3 is 4.90 Å². The maximum absolute atomic E-state index is 12.1. The van der Waals surface area contributed by atoms with Crippen molar-refractivity contribution in [2.75, 3.05) is 24.5 Å². The molecule has 1 N–H and O–H groups in total. The molecular weight excluding hydrogens is 302 g/mol. The first-order chi connectivity index (χ1) is 11.7. The number of likely N-dealkylation sites (tertiary alicyclic amines) is 1. The number of piperidine rings is 1. The van der Waals surface area contributed by atoms with Crippen LogP contribution in [-0.4, -0.2) is 36.3 Å². The van der Waals surface area contributed by atoms with Crippen LogP contribution in [0.25, 0.3) is 0 Å². The molecule has 0 saturated carbocycles. The molecule has 2 aliphatic heterocycles. The second-order valence-corrected chi connectivity index (χ2v) is 6.65. The Morgan fingerprint density at radius 2 is 1.62 bits per heavy atom. The summed E-state index contributed by atoms with van der Waals surface area (Å²) < 4.78 is 0. The van der Waals surface area contributed by atoms with E-state index in [4.69, 9.17) is 0 Å². The van der Waals surface area contributed by atoms with Crippen LogP contribution in [0.5, 0.6) is 0 Å². The third-order valence-corrected chi connectivity index (χ3v) is 4.87. The zero-order valence-electron chi connectivity index (χ0n) is 14.5. The normalized spacial score (nSPS) is 19.9. The highest BCUT2D eigenvalue weighted by molar-refractivity contribution is 6.02. The Balaban J connectivity index is 1.79. The first-order valence-electron chi connectivity index (χ1n) is 9.14. The highest BCUT2D eigenvalue weighted by Crippen LogP contribution is 2.27. The summed E-state index contributed by atoms with van der Waals surface area (Å²) >= 11 is 0. The summed E-state index contributed by atoms with van der Waals surface area (Å²) in [5, 5.41) is 3.36. The third-order valence-electron chi connectivity index (χ3n) is 4.87. The summed E-state index contributed by atoms with van der Waals surface area (Å²) in [6.45, 7) is 5.08. The molecule has 1 unspecified atom stereocenters. The number of nitrogens with zero attached hydrogens (tertiary/aromatic N) is 2. The Hall–Kier alpha value is -1.88. The summed E-state index contributed by atoms with van der Waals surface area (Å²) in [6, 6.07) is 8.34. The van der Waals surface area contributed by atoms with E-state index in [1.165, 1.54) is 29.8 Å². The number of hydrogen-bond donors (Lipinski definition) is 1. The van der Waals surface area contributed by atoms with Crippen LogP contribution in [0.2, 0.25) is 0 Å². The number of rotatable bonds is 6. The van der Waals surface area contributed by atoms with Crippen LogP contribution in [0, 0.1) is 0 Å². The fraction of sp³-hybridized carbons (Fsp3) is 0.579. The molecule has 0 aromatic heterocycles. The van der Waals surface area contributed by atoms with Crippen molar-refractivity contribution in [1.82, 2.24) is 10.2 Å². The number of benzene rings is 1. The summed E-state index contributed by atoms with van der Waals surface area (Å²) in [7, 11) is 0. The molecule has 0 aliphatic carbocycles. The number of carbonyl (C=O) groups excluding carboxylic acids is 2. The van der Waals surface area contributed by atoms with Crippen molar-refractivity contribution in [3.63, 3.8) is 0 Å². The van der Waals surface area contributed by atoms with Crippen LogP contribution in [0.3, 0.4) is 0 Å². The van der Waals surface area contributed by atoms with E-state index in [2.05, 4.69) is 41.4 Å². The minimum Gasteiger partial charge on any atom is -0.372 e. The minimum atomic E-state index is -0.345. The second kappa shape index (κ2) is 7.79. The lowest BCUT2D eigenvalue weighted by atomic mass is 10.1. The molecule has 5 heteroatoms. The van der Waals surface area contributed by atoms with Gasteiger partial charge in [-0.15, -0.1) is 0 Å². The first kappa shape index (κ1) is 17.0. The molecule has 24 heavy (non-hydrogen) atoms. The molecular formula is C19H27N3O2. The van der Waals surface area contributed by atoms with Gasteiger partial charge in [-0.3, -0.25) is 19.8 Å². The maximum Gasteiger partial charge on any atom is 0.231 e. The number of anilines is 1. The molecule has 2 fully saturated rings. The SMILES string of the molecule is CCCNC(c1ccc(N2CCCCC2)cc1)N1C(=O)CCC1=O. The largest absolute Gasteiger partial charge is 0.372 e. The van der Waals surface area contributed by atoms with Crippen molar-refractivity contribution in [3.05, 3.63) is 29.8 Å². The van der Waals surface area contributed by atoms with E-state index in [1.807, 2.05) is 0 Å². The Kier molecular flexibility index (Phi) is 5.51. The van der Waals surface area contributed by atoms with Crippen LogP contribution in [-0.2, 0) is 9.59 Å². The van der Waals surface area contributed by atoms with E-state index in [0.29, 0.717) is 12.8 Å². The maximum atomic E-state index is 12.1. The number of carbonyl (C=O) groups is 2. The molecule has 1 aromatic rings. The van der Waals surface area contributed by atoms with Gasteiger partial charge in [0.25, 0.3) is 0 Å². The molecule has 130 valence electrons. The smallest absolute Gasteiger partial charge is 0.231 e. The van der Waals surface area contributed by atoms with Crippen LogP contribution < -0.4 is 10.2 Å². The van der Waals surface area contributed by atoms with Gasteiger partial charge in [-0.2, -0.15) is 0 Å². The topological polar surface area (TPSA) is 52.6 Å². The van der Waals surface area contributed by atoms with Crippen LogP contribution in [0.15, 0.2) is 24.3 Å². The second-order valence-electron chi connectivity index (χ2n) is 6.65. The summed E-state index contributed by atoms with van der Waals surface area (Å²) in [6.07, 6.45) is 5.08. The van der Waals surface area contributed by atoms with Gasteiger partial charge in [0.2, 0.25) is 11.8 Å². The third kappa shape index (κ3) is 3.61. The summed E-state index contributed by atoms with van der Waals surface area (Å²) in [5.41, 5.74) is 2.21. The van der Waals surface area contributed by atoms with E-state index < -0.39 is 0 Å². The zero-order valence-corrected chi connectivity index (χ0v) is 14.5. The summed E-state index contributed by atoms with van der Waals surface area (Å²) in [4.78, 5) is 28.1. The Labute approximate surface area is 144 Å². The zero-order chi connectivity index (χ0) is 16.9. The van der Waals surface area contributed by atoms with Crippen LogP contribution >= 0.6 is 0 Å². The molecule has 0 spiro atoms. The summed E-state index contributed by atoms with van der Waals surface area (Å²) in [5.74, 6) is -0.151. The van der Waals surface area contributed by atoms with Crippen molar-refractivity contribution in [3.8, 4) is 0 Å². The van der Waals surface area contributed by atoms with Crippen LogP contribution in [0.4, 0.5) is 5.69 Å². The molecule has 2 heterocycles. The lowest BCUT2D eigenvalue weighted by Crippen LogP contribution is -2.42. The van der Waals surface area contributed by atoms with Gasteiger partial charge in [-0.1, -0.05) is 19.1 Å². The van der Waals surface area contributed by atoms with Crippen molar-refractivity contribution < 1.29 is 9.59 Å². The fourth-order valence-electron chi connectivity index (χ4n) is 3.54. The van der Waals surface area contributed by atoms with E-state index >= 15 is 0 Å². The molecule has 0 radical (unpaired) electrons. The van der Waals surface area contributed by atoms with Gasteiger partial charge in [-0.25, -0.2) is 0 Å². The molecule has 2 amide bonds. The van der Waals surface area contributed by atoms with E-state index in [-0.39, 0.29) is 18.0 Å². The molecule has 2 saturated heterocycles. The molecule has 1 aromatic carbocycles. The van der Waals surface area contributed by atoms with E-state index in [1.54, 1.807) is 0 Å².